The van der Waals surface area contributed by atoms with Crippen molar-refractivity contribution < 1.29 is 9.47 Å². The van der Waals surface area contributed by atoms with E-state index in [0.29, 0.717) is 19.8 Å². The van der Waals surface area contributed by atoms with E-state index >= 15 is 0 Å². The number of nitrogens with one attached hydrogen (secondary N) is 1. The summed E-state index contributed by atoms with van der Waals surface area (Å²) in [6.45, 7) is 4.07. The molecule has 110 valence electrons. The molecule has 0 radical (unpaired) electrons. The van der Waals surface area contributed by atoms with E-state index in [1.807, 2.05) is 31.3 Å². The molecule has 1 aromatic carbocycles. The first-order valence-corrected chi connectivity index (χ1v) is 7.76. The summed E-state index contributed by atoms with van der Waals surface area (Å²) in [5.41, 5.74) is 3.15. The van der Waals surface area contributed by atoms with Gasteiger partial charge in [-0.15, -0.1) is 0 Å². The van der Waals surface area contributed by atoms with Gasteiger partial charge in [0.15, 0.2) is 11.5 Å². The van der Waals surface area contributed by atoms with Crippen LogP contribution in [0.15, 0.2) is 34.9 Å². The molecule has 2 aromatic rings. The minimum Gasteiger partial charge on any atom is -0.490 e. The second-order valence-electron chi connectivity index (χ2n) is 5.00. The lowest BCUT2D eigenvalue weighted by Gasteiger charge is -2.12. The Kier molecular flexibility index (Phi) is 4.29. The molecule has 0 aliphatic carbocycles. The van der Waals surface area contributed by atoms with Crippen molar-refractivity contribution in [2.45, 2.75) is 19.9 Å². The van der Waals surface area contributed by atoms with Crippen LogP contribution in [0.25, 0.3) is 0 Å². The second kappa shape index (κ2) is 6.35. The van der Waals surface area contributed by atoms with Gasteiger partial charge in [-0.2, -0.15) is 0 Å². The van der Waals surface area contributed by atoms with Crippen molar-refractivity contribution in [1.29, 1.82) is 0 Å². The minimum absolute atomic E-state index is 0.693. The van der Waals surface area contributed by atoms with Crippen LogP contribution in [0.3, 0.4) is 0 Å². The number of anilines is 1. The van der Waals surface area contributed by atoms with Gasteiger partial charge in [0, 0.05) is 18.7 Å². The van der Waals surface area contributed by atoms with Gasteiger partial charge < -0.3 is 14.8 Å². The lowest BCUT2D eigenvalue weighted by atomic mass is 10.2. The van der Waals surface area contributed by atoms with Crippen LogP contribution in [0.4, 0.5) is 5.69 Å². The molecule has 2 heterocycles. The van der Waals surface area contributed by atoms with Crippen molar-refractivity contribution in [2.24, 2.45) is 0 Å². The van der Waals surface area contributed by atoms with Crippen molar-refractivity contribution in [2.75, 3.05) is 18.5 Å². The number of aryl methyl sites for hydroxylation is 1. The fourth-order valence-electron chi connectivity index (χ4n) is 2.16. The summed E-state index contributed by atoms with van der Waals surface area (Å²) in [5, 5.41) is 3.36. The van der Waals surface area contributed by atoms with Crippen LogP contribution in [-0.4, -0.2) is 18.2 Å². The standard InChI is InChI=1S/C16H17BrN2O2/c1-11-3-4-13(10-18-11)19-9-12-7-14(17)16-15(8-12)20-5-2-6-21-16/h3-4,7-8,10,19H,2,5-6,9H2,1H3. The normalized spacial score (nSPS) is 13.6. The second-order valence-corrected chi connectivity index (χ2v) is 5.85. The summed E-state index contributed by atoms with van der Waals surface area (Å²) >= 11 is 3.56. The van der Waals surface area contributed by atoms with Crippen LogP contribution in [0, 0.1) is 6.92 Å². The van der Waals surface area contributed by atoms with E-state index in [1.54, 1.807) is 0 Å². The highest BCUT2D eigenvalue weighted by Gasteiger charge is 2.15. The van der Waals surface area contributed by atoms with E-state index in [4.69, 9.17) is 9.47 Å². The van der Waals surface area contributed by atoms with Gasteiger partial charge in [-0.1, -0.05) is 0 Å². The van der Waals surface area contributed by atoms with Crippen LogP contribution in [-0.2, 0) is 6.54 Å². The maximum Gasteiger partial charge on any atom is 0.175 e. The molecule has 5 heteroatoms. The Hall–Kier alpha value is -1.75. The summed E-state index contributed by atoms with van der Waals surface area (Å²) in [6.07, 6.45) is 2.75. The van der Waals surface area contributed by atoms with Crippen molar-refractivity contribution in [3.8, 4) is 11.5 Å². The predicted molar refractivity (Wildman–Crippen MR) is 86.0 cm³/mol. The largest absolute Gasteiger partial charge is 0.490 e. The molecule has 0 saturated heterocycles. The molecule has 4 nitrogen and oxygen atoms in total. The third-order valence-electron chi connectivity index (χ3n) is 3.27. The molecule has 0 bridgehead atoms. The Labute approximate surface area is 132 Å². The summed E-state index contributed by atoms with van der Waals surface area (Å²) in [5.74, 6) is 1.61. The smallest absolute Gasteiger partial charge is 0.175 e. The Bertz CT molecular complexity index is 629. The first-order valence-electron chi connectivity index (χ1n) is 6.97. The molecular weight excluding hydrogens is 332 g/mol. The van der Waals surface area contributed by atoms with Crippen molar-refractivity contribution >= 4 is 21.6 Å². The van der Waals surface area contributed by atoms with Crippen molar-refractivity contribution in [3.63, 3.8) is 0 Å². The number of aromatic nitrogens is 1. The number of rotatable bonds is 3. The first-order chi connectivity index (χ1) is 10.2. The van der Waals surface area contributed by atoms with E-state index < -0.39 is 0 Å². The highest BCUT2D eigenvalue weighted by Crippen LogP contribution is 2.38. The molecule has 0 fully saturated rings. The third-order valence-corrected chi connectivity index (χ3v) is 3.86. The molecule has 0 atom stereocenters. The summed E-state index contributed by atoms with van der Waals surface area (Å²) in [6, 6.07) is 8.11. The van der Waals surface area contributed by atoms with Gasteiger partial charge in [0.05, 0.1) is 29.6 Å². The van der Waals surface area contributed by atoms with Gasteiger partial charge in [-0.25, -0.2) is 0 Å². The number of ether oxygens (including phenoxy) is 2. The number of benzene rings is 1. The summed E-state index contributed by atoms with van der Waals surface area (Å²) in [7, 11) is 0. The van der Waals surface area contributed by atoms with E-state index in [9.17, 15) is 0 Å². The van der Waals surface area contributed by atoms with Gasteiger partial charge in [0.25, 0.3) is 0 Å². The number of nitrogens with zero attached hydrogens (tertiary/aromatic N) is 1. The third kappa shape index (κ3) is 3.47. The number of fused-ring (bicyclic) bond motifs is 1. The highest BCUT2D eigenvalue weighted by atomic mass is 79.9. The minimum atomic E-state index is 0.693. The molecule has 3 rings (SSSR count). The fraction of sp³-hybridized carbons (Fsp3) is 0.312. The van der Waals surface area contributed by atoms with Crippen LogP contribution >= 0.6 is 15.9 Å². The zero-order valence-corrected chi connectivity index (χ0v) is 13.4. The topological polar surface area (TPSA) is 43.4 Å². The van der Waals surface area contributed by atoms with Crippen LogP contribution in [0.5, 0.6) is 11.5 Å². The zero-order valence-electron chi connectivity index (χ0n) is 11.9. The molecule has 0 spiro atoms. The predicted octanol–water partition coefficient (Wildman–Crippen LogP) is 3.93. The van der Waals surface area contributed by atoms with Crippen molar-refractivity contribution in [3.05, 3.63) is 46.2 Å². The molecule has 0 saturated carbocycles. The first kappa shape index (κ1) is 14.2. The van der Waals surface area contributed by atoms with Gasteiger partial charge in [-0.05, 0) is 52.7 Å². The molecule has 1 N–H and O–H groups in total. The van der Waals surface area contributed by atoms with Gasteiger partial charge in [0.1, 0.15) is 0 Å². The Morgan fingerprint density at radius 3 is 2.90 bits per heavy atom. The highest BCUT2D eigenvalue weighted by molar-refractivity contribution is 9.10. The number of pyridine rings is 1. The molecule has 21 heavy (non-hydrogen) atoms. The quantitative estimate of drug-likeness (QED) is 0.912. The Morgan fingerprint density at radius 2 is 2.10 bits per heavy atom. The van der Waals surface area contributed by atoms with Gasteiger partial charge in [0.2, 0.25) is 0 Å². The zero-order chi connectivity index (χ0) is 14.7. The lowest BCUT2D eigenvalue weighted by Crippen LogP contribution is -2.01. The average Bonchev–Trinajstić information content (AvgIpc) is 2.72. The van der Waals surface area contributed by atoms with Gasteiger partial charge >= 0.3 is 0 Å². The van der Waals surface area contributed by atoms with Crippen LogP contribution in [0.2, 0.25) is 0 Å². The lowest BCUT2D eigenvalue weighted by molar-refractivity contribution is 0.296. The summed E-state index contributed by atoms with van der Waals surface area (Å²) < 4.78 is 12.4. The molecule has 1 aliphatic heterocycles. The maximum absolute atomic E-state index is 5.74. The average molecular weight is 349 g/mol. The molecular formula is C16H17BrN2O2. The number of hydrogen-bond donors (Lipinski definition) is 1. The molecule has 0 amide bonds. The Morgan fingerprint density at radius 1 is 1.24 bits per heavy atom. The van der Waals surface area contributed by atoms with Crippen molar-refractivity contribution in [1.82, 2.24) is 4.98 Å². The molecule has 1 aromatic heterocycles. The fourth-order valence-corrected chi connectivity index (χ4v) is 2.77. The van der Waals surface area contributed by atoms with E-state index in [0.717, 1.165) is 39.3 Å². The summed E-state index contributed by atoms with van der Waals surface area (Å²) in [4.78, 5) is 4.28. The molecule has 1 aliphatic rings. The van der Waals surface area contributed by atoms with Crippen LogP contribution < -0.4 is 14.8 Å². The SMILES string of the molecule is Cc1ccc(NCc2cc(Br)c3c(c2)OCCCO3)cn1. The monoisotopic (exact) mass is 348 g/mol. The van der Waals surface area contributed by atoms with E-state index in [1.165, 1.54) is 0 Å². The maximum atomic E-state index is 5.74. The van der Waals surface area contributed by atoms with E-state index in [-0.39, 0.29) is 0 Å². The molecule has 0 unspecified atom stereocenters. The van der Waals surface area contributed by atoms with Crippen LogP contribution in [0.1, 0.15) is 17.7 Å². The number of hydrogen-bond acceptors (Lipinski definition) is 4. The number of halogens is 1. The van der Waals surface area contributed by atoms with E-state index in [2.05, 4.69) is 32.3 Å². The Balaban J connectivity index is 1.75. The van der Waals surface area contributed by atoms with Gasteiger partial charge in [-0.3, -0.25) is 4.98 Å².